The molecule has 0 amide bonds. The summed E-state index contributed by atoms with van der Waals surface area (Å²) in [5.41, 5.74) is -0.262. The quantitative estimate of drug-likeness (QED) is 0.392. The van der Waals surface area contributed by atoms with Crippen molar-refractivity contribution >= 4 is 5.90 Å². The zero-order valence-corrected chi connectivity index (χ0v) is 10.1. The third-order valence-electron chi connectivity index (χ3n) is 2.51. The molecule has 0 atom stereocenters. The van der Waals surface area contributed by atoms with Crippen LogP contribution in [0, 0.1) is 0 Å². The number of hydrogen-bond donors (Lipinski definition) is 1. The molecule has 1 N–H and O–H groups in total. The molecule has 0 bridgehead atoms. The first-order valence-corrected chi connectivity index (χ1v) is 5.63. The average Bonchev–Trinajstić information content (AvgIpc) is 2.45. The van der Waals surface area contributed by atoms with Crippen LogP contribution in [0.4, 0.5) is 13.2 Å². The molecule has 20 heavy (non-hydrogen) atoms. The largest absolute Gasteiger partial charge is 0.436 e. The summed E-state index contributed by atoms with van der Waals surface area (Å²) in [7, 11) is 0. The minimum Gasteiger partial charge on any atom is -0.436 e. The van der Waals surface area contributed by atoms with E-state index >= 15 is 0 Å². The van der Waals surface area contributed by atoms with Gasteiger partial charge in [-0.2, -0.15) is 13.2 Å². The fourth-order valence-corrected chi connectivity index (χ4v) is 1.54. The number of hydrogen-bond acceptors (Lipinski definition) is 3. The van der Waals surface area contributed by atoms with Gasteiger partial charge in [0.25, 0.3) is 5.90 Å². The molecule has 2 aromatic carbocycles. The standard InChI is InChI=1S/C14H10F3NO2/c15-14(16,17)11-6-8-12(9-7-11)20-13(18-19)10-4-2-1-3-5-10/h1-9,19H. The van der Waals surface area contributed by atoms with Gasteiger partial charge in [0.05, 0.1) is 5.56 Å². The van der Waals surface area contributed by atoms with E-state index in [2.05, 4.69) is 5.16 Å². The monoisotopic (exact) mass is 281 g/mol. The second-order valence-corrected chi connectivity index (χ2v) is 3.90. The molecule has 2 rings (SSSR count). The third kappa shape index (κ3) is 3.28. The van der Waals surface area contributed by atoms with E-state index in [1.807, 2.05) is 0 Å². The molecule has 0 heterocycles. The van der Waals surface area contributed by atoms with Crippen molar-refractivity contribution in [1.82, 2.24) is 0 Å². The van der Waals surface area contributed by atoms with Crippen LogP contribution in [0.1, 0.15) is 11.1 Å². The van der Waals surface area contributed by atoms with E-state index in [1.54, 1.807) is 30.3 Å². The molecule has 0 aliphatic heterocycles. The van der Waals surface area contributed by atoms with Crippen LogP contribution in [0.3, 0.4) is 0 Å². The van der Waals surface area contributed by atoms with Gasteiger partial charge in [0.15, 0.2) is 0 Å². The molecule has 0 radical (unpaired) electrons. The van der Waals surface area contributed by atoms with Crippen LogP contribution in [0.15, 0.2) is 59.8 Å². The summed E-state index contributed by atoms with van der Waals surface area (Å²) in [5.74, 6) is 0.0556. The summed E-state index contributed by atoms with van der Waals surface area (Å²) in [6, 6.07) is 12.6. The second kappa shape index (κ2) is 5.64. The maximum Gasteiger partial charge on any atom is 0.416 e. The molecule has 3 nitrogen and oxygen atoms in total. The number of rotatable bonds is 2. The predicted octanol–water partition coefficient (Wildman–Crippen LogP) is 3.92. The van der Waals surface area contributed by atoms with Crippen molar-refractivity contribution in [2.45, 2.75) is 6.18 Å². The van der Waals surface area contributed by atoms with Crippen LogP contribution in [0.25, 0.3) is 0 Å². The lowest BCUT2D eigenvalue weighted by molar-refractivity contribution is -0.137. The Labute approximate surface area is 112 Å². The van der Waals surface area contributed by atoms with Gasteiger partial charge in [-0.3, -0.25) is 0 Å². The molecule has 0 fully saturated rings. The van der Waals surface area contributed by atoms with Crippen LogP contribution in [-0.2, 0) is 6.18 Å². The van der Waals surface area contributed by atoms with Crippen molar-refractivity contribution in [1.29, 1.82) is 0 Å². The molecular weight excluding hydrogens is 271 g/mol. The summed E-state index contributed by atoms with van der Waals surface area (Å²) in [6.45, 7) is 0. The van der Waals surface area contributed by atoms with E-state index in [4.69, 9.17) is 9.94 Å². The smallest absolute Gasteiger partial charge is 0.416 e. The summed E-state index contributed by atoms with van der Waals surface area (Å²) in [4.78, 5) is 0. The molecular formula is C14H10F3NO2. The van der Waals surface area contributed by atoms with E-state index in [9.17, 15) is 13.2 Å². The van der Waals surface area contributed by atoms with Gasteiger partial charge in [0.1, 0.15) is 5.75 Å². The molecule has 0 spiro atoms. The maximum atomic E-state index is 12.4. The molecule has 0 saturated carbocycles. The fourth-order valence-electron chi connectivity index (χ4n) is 1.54. The van der Waals surface area contributed by atoms with Crippen molar-refractivity contribution in [3.63, 3.8) is 0 Å². The van der Waals surface area contributed by atoms with Crippen molar-refractivity contribution in [2.24, 2.45) is 5.16 Å². The first-order valence-electron chi connectivity index (χ1n) is 5.63. The fraction of sp³-hybridized carbons (Fsp3) is 0.0714. The average molecular weight is 281 g/mol. The summed E-state index contributed by atoms with van der Waals surface area (Å²) in [6.07, 6.45) is -4.40. The van der Waals surface area contributed by atoms with Crippen LogP contribution in [-0.4, -0.2) is 11.1 Å². The number of halogens is 3. The van der Waals surface area contributed by atoms with Crippen LogP contribution < -0.4 is 4.74 Å². The lowest BCUT2D eigenvalue weighted by atomic mass is 10.2. The molecule has 6 heteroatoms. The molecule has 0 aromatic heterocycles. The lowest BCUT2D eigenvalue weighted by Gasteiger charge is -2.09. The van der Waals surface area contributed by atoms with Crippen molar-refractivity contribution in [2.75, 3.05) is 0 Å². The topological polar surface area (TPSA) is 41.8 Å². The van der Waals surface area contributed by atoms with Gasteiger partial charge in [-0.25, -0.2) is 0 Å². The van der Waals surface area contributed by atoms with Crippen molar-refractivity contribution in [3.05, 3.63) is 65.7 Å². The van der Waals surface area contributed by atoms with E-state index in [0.29, 0.717) is 5.56 Å². The normalized spacial score (nSPS) is 12.2. The molecule has 2 aromatic rings. The second-order valence-electron chi connectivity index (χ2n) is 3.90. The van der Waals surface area contributed by atoms with Gasteiger partial charge >= 0.3 is 6.18 Å². The van der Waals surface area contributed by atoms with Crippen LogP contribution >= 0.6 is 0 Å². The lowest BCUT2D eigenvalue weighted by Crippen LogP contribution is -2.10. The van der Waals surface area contributed by atoms with Gasteiger partial charge in [-0.1, -0.05) is 18.2 Å². The number of ether oxygens (including phenoxy) is 1. The summed E-state index contributed by atoms with van der Waals surface area (Å²) in [5, 5.41) is 11.9. The SMILES string of the molecule is ON=C(Oc1ccc(C(F)(F)F)cc1)c1ccccc1. The molecule has 0 saturated heterocycles. The summed E-state index contributed by atoms with van der Waals surface area (Å²) < 4.78 is 42.5. The summed E-state index contributed by atoms with van der Waals surface area (Å²) >= 11 is 0. The number of nitrogens with zero attached hydrogens (tertiary/aromatic N) is 1. The Hall–Kier alpha value is -2.50. The minimum atomic E-state index is -4.40. The Balaban J connectivity index is 2.17. The minimum absolute atomic E-state index is 0.0923. The Kier molecular flexibility index (Phi) is 3.93. The number of benzene rings is 2. The predicted molar refractivity (Wildman–Crippen MR) is 66.8 cm³/mol. The zero-order chi connectivity index (χ0) is 14.6. The Morgan fingerprint density at radius 3 is 2.05 bits per heavy atom. The van der Waals surface area contributed by atoms with E-state index in [-0.39, 0.29) is 11.6 Å². The Bertz CT molecular complexity index is 592. The number of alkyl halides is 3. The van der Waals surface area contributed by atoms with Gasteiger partial charge in [-0.15, -0.1) is 0 Å². The third-order valence-corrected chi connectivity index (χ3v) is 2.51. The van der Waals surface area contributed by atoms with Crippen LogP contribution in [0.2, 0.25) is 0 Å². The zero-order valence-electron chi connectivity index (χ0n) is 10.1. The first-order chi connectivity index (χ1) is 9.50. The maximum absolute atomic E-state index is 12.4. The molecule has 0 aliphatic rings. The Morgan fingerprint density at radius 1 is 0.950 bits per heavy atom. The highest BCUT2D eigenvalue weighted by Crippen LogP contribution is 2.30. The molecule has 104 valence electrons. The van der Waals surface area contributed by atoms with Gasteiger partial charge in [-0.05, 0) is 41.6 Å². The van der Waals surface area contributed by atoms with E-state index in [1.165, 1.54) is 0 Å². The van der Waals surface area contributed by atoms with Crippen LogP contribution in [0.5, 0.6) is 5.75 Å². The molecule has 0 aliphatic carbocycles. The highest BCUT2D eigenvalue weighted by molar-refractivity contribution is 5.95. The van der Waals surface area contributed by atoms with Gasteiger partial charge in [0.2, 0.25) is 0 Å². The first kappa shape index (κ1) is 13.9. The van der Waals surface area contributed by atoms with Crippen molar-refractivity contribution < 1.29 is 23.1 Å². The highest BCUT2D eigenvalue weighted by atomic mass is 19.4. The van der Waals surface area contributed by atoms with E-state index < -0.39 is 11.7 Å². The van der Waals surface area contributed by atoms with E-state index in [0.717, 1.165) is 24.3 Å². The van der Waals surface area contributed by atoms with Gasteiger partial charge < -0.3 is 9.94 Å². The van der Waals surface area contributed by atoms with Crippen molar-refractivity contribution in [3.8, 4) is 5.75 Å². The Morgan fingerprint density at radius 2 is 1.55 bits per heavy atom. The van der Waals surface area contributed by atoms with Gasteiger partial charge in [0, 0.05) is 5.56 Å². The molecule has 0 unspecified atom stereocenters. The highest BCUT2D eigenvalue weighted by Gasteiger charge is 2.30. The number of oxime groups is 1.